The average molecular weight is 216 g/mol. The molecule has 0 heterocycles. The van der Waals surface area contributed by atoms with Crippen molar-refractivity contribution in [3.05, 3.63) is 0 Å². The van der Waals surface area contributed by atoms with Crippen LogP contribution < -0.4 is 0 Å². The zero-order valence-corrected chi connectivity index (χ0v) is 7.03. The number of hydrogen-bond donors (Lipinski definition) is 4. The van der Waals surface area contributed by atoms with Crippen LogP contribution in [0.1, 0.15) is 0 Å². The molecule has 0 amide bonds. The van der Waals surface area contributed by atoms with Crippen LogP contribution >= 0.6 is 24.3 Å². The molecular weight excluding hydrogens is 207 g/mol. The monoisotopic (exact) mass is 216 g/mol. The molecule has 0 rings (SSSR count). The normalized spacial score (nSPS) is 8.80. The van der Waals surface area contributed by atoms with E-state index in [1.165, 1.54) is 0 Å². The summed E-state index contributed by atoms with van der Waals surface area (Å²) in [4.78, 5) is 0. The van der Waals surface area contributed by atoms with Gasteiger partial charge in [0.15, 0.2) is 0 Å². The van der Waals surface area contributed by atoms with Crippen LogP contribution in [0.5, 0.6) is 0 Å². The first-order valence-electron chi connectivity index (χ1n) is 1.83. The van der Waals surface area contributed by atoms with Crippen molar-refractivity contribution < 1.29 is 18.1 Å². The van der Waals surface area contributed by atoms with E-state index in [1.54, 1.807) is 0 Å². The van der Waals surface area contributed by atoms with Crippen LogP contribution in [-0.4, -0.2) is 60.0 Å². The van der Waals surface area contributed by atoms with Gasteiger partial charge in [-0.3, -0.25) is 4.55 Å². The predicted octanol–water partition coefficient (Wildman–Crippen LogP) is -1.02. The quantitative estimate of drug-likeness (QED) is 0.196. The van der Waals surface area contributed by atoms with Gasteiger partial charge in [-0.05, 0) is 11.7 Å². The molecule has 0 unspecified atom stereocenters. The third-order valence-electron chi connectivity index (χ3n) is 0.1000. The molecule has 0 aromatic heterocycles. The maximum absolute atomic E-state index is 9.05. The van der Waals surface area contributed by atoms with E-state index < -0.39 is 9.15 Å². The van der Waals surface area contributed by atoms with Gasteiger partial charge in [-0.25, -0.2) is 0 Å². The van der Waals surface area contributed by atoms with E-state index in [9.17, 15) is 0 Å². The molecule has 2 N–H and O–H groups in total. The molecule has 0 aromatic carbocycles. The second kappa shape index (κ2) is 10.6. The Morgan fingerprint density at radius 2 is 1.50 bits per heavy atom. The van der Waals surface area contributed by atoms with Gasteiger partial charge in [0.1, 0.15) is 0 Å². The van der Waals surface area contributed by atoms with E-state index >= 15 is 0 Å². The van der Waals surface area contributed by atoms with Gasteiger partial charge in [-0.1, -0.05) is 0 Å². The van der Waals surface area contributed by atoms with Crippen molar-refractivity contribution in [3.63, 3.8) is 0 Å². The first-order chi connectivity index (χ1) is 3.91. The third kappa shape index (κ3) is 106. The standard InChI is InChI=1S/C2H6OS.Na.H2O3S2.H/c3-1-2-4;;1-5(2,3)4;/h3-4H,1-2H2;;(H2,1,2,3,4);. The van der Waals surface area contributed by atoms with Crippen molar-refractivity contribution in [2.75, 3.05) is 12.4 Å². The fourth-order valence-corrected chi connectivity index (χ4v) is 0. The molecule has 0 saturated heterocycles. The summed E-state index contributed by atoms with van der Waals surface area (Å²) in [5, 5.41) is 7.80. The molecule has 0 bridgehead atoms. The summed E-state index contributed by atoms with van der Waals surface area (Å²) in [6, 6.07) is 0. The topological polar surface area (TPSA) is 74.6 Å². The molecule has 0 radical (unpaired) electrons. The van der Waals surface area contributed by atoms with Crippen molar-refractivity contribution in [2.45, 2.75) is 0 Å². The van der Waals surface area contributed by atoms with Gasteiger partial charge < -0.3 is 5.11 Å². The number of hydrogen-bond acceptors (Lipinski definition) is 4. The van der Waals surface area contributed by atoms with Gasteiger partial charge in [0.2, 0.25) is 0 Å². The maximum atomic E-state index is 9.05. The first kappa shape index (κ1) is 17.6. The number of aliphatic hydroxyl groups excluding tert-OH is 1. The van der Waals surface area contributed by atoms with Gasteiger partial charge in [-0.15, -0.1) is 0 Å². The van der Waals surface area contributed by atoms with E-state index in [4.69, 9.17) is 18.1 Å². The Morgan fingerprint density at radius 3 is 1.50 bits per heavy atom. The van der Waals surface area contributed by atoms with Crippen LogP contribution in [0.2, 0.25) is 0 Å². The van der Waals surface area contributed by atoms with Crippen LogP contribution in [0.4, 0.5) is 0 Å². The van der Waals surface area contributed by atoms with Crippen LogP contribution in [0.25, 0.3) is 0 Å². The molecule has 60 valence electrons. The molecular formula is C2H9NaO4S3. The van der Waals surface area contributed by atoms with Crippen LogP contribution in [0, 0.1) is 0 Å². The number of thiol groups is 2. The molecule has 4 nitrogen and oxygen atoms in total. The molecule has 0 spiro atoms. The van der Waals surface area contributed by atoms with Gasteiger partial charge in [-0.2, -0.15) is 21.0 Å². The summed E-state index contributed by atoms with van der Waals surface area (Å²) in [5.74, 6) is 0.569. The average Bonchev–Trinajstić information content (AvgIpc) is 1.61. The van der Waals surface area contributed by atoms with E-state index in [2.05, 4.69) is 24.3 Å². The molecule has 0 atom stereocenters. The molecule has 0 aliphatic heterocycles. The van der Waals surface area contributed by atoms with Crippen LogP contribution in [-0.2, 0) is 9.15 Å². The summed E-state index contributed by atoms with van der Waals surface area (Å²) in [6.07, 6.45) is 0. The molecule has 0 aliphatic carbocycles. The first-order valence-corrected chi connectivity index (χ1v) is 4.96. The van der Waals surface area contributed by atoms with Gasteiger partial charge in [0.05, 0.1) is 6.61 Å². The van der Waals surface area contributed by atoms with E-state index in [0.29, 0.717) is 5.75 Å². The third-order valence-corrected chi connectivity index (χ3v) is 0.300. The van der Waals surface area contributed by atoms with Crippen molar-refractivity contribution in [1.82, 2.24) is 0 Å². The Labute approximate surface area is 92.7 Å². The van der Waals surface area contributed by atoms with E-state index in [1.807, 2.05) is 0 Å². The van der Waals surface area contributed by atoms with Crippen LogP contribution in [0.15, 0.2) is 0 Å². The Hall–Kier alpha value is 1.57. The Balaban J connectivity index is -0.0000000910. The minimum atomic E-state index is -3.97. The molecule has 0 aliphatic rings. The van der Waals surface area contributed by atoms with Crippen molar-refractivity contribution in [1.29, 1.82) is 0 Å². The Kier molecular flexibility index (Phi) is 18.6. The zero-order valence-electron chi connectivity index (χ0n) is 4.43. The fraction of sp³-hybridized carbons (Fsp3) is 1.00. The zero-order chi connectivity index (χ0) is 7.91. The molecule has 0 fully saturated rings. The molecule has 10 heavy (non-hydrogen) atoms. The minimum absolute atomic E-state index is 0. The van der Waals surface area contributed by atoms with Crippen molar-refractivity contribution in [3.8, 4) is 0 Å². The molecule has 0 saturated carbocycles. The molecule has 0 aromatic rings. The van der Waals surface area contributed by atoms with E-state index in [0.717, 1.165) is 0 Å². The van der Waals surface area contributed by atoms with Crippen molar-refractivity contribution in [2.24, 2.45) is 0 Å². The summed E-state index contributed by atoms with van der Waals surface area (Å²) in [7, 11) is -3.97. The second-order valence-corrected chi connectivity index (χ2v) is 3.62. The summed E-state index contributed by atoms with van der Waals surface area (Å²) < 4.78 is 25.5. The summed E-state index contributed by atoms with van der Waals surface area (Å²) in [5.41, 5.74) is 0. The molecule has 8 heteroatoms. The SMILES string of the molecule is O=S(=O)(O)S.OCCS.[NaH]. The Bertz CT molecular complexity index is 121. The summed E-state index contributed by atoms with van der Waals surface area (Å²) >= 11 is 6.32. The second-order valence-electron chi connectivity index (χ2n) is 0.895. The Morgan fingerprint density at radius 1 is 1.40 bits per heavy atom. The van der Waals surface area contributed by atoms with Gasteiger partial charge in [0.25, 0.3) is 0 Å². The van der Waals surface area contributed by atoms with Gasteiger partial charge >= 0.3 is 38.7 Å². The number of rotatable bonds is 1. The van der Waals surface area contributed by atoms with Crippen molar-refractivity contribution >= 4 is 63.0 Å². The number of aliphatic hydroxyl groups is 1. The summed E-state index contributed by atoms with van der Waals surface area (Å²) in [6.45, 7) is 0.184. The predicted molar refractivity (Wildman–Crippen MR) is 48.6 cm³/mol. The fourth-order valence-electron chi connectivity index (χ4n) is 0. The van der Waals surface area contributed by atoms with Crippen LogP contribution in [0.3, 0.4) is 0 Å². The van der Waals surface area contributed by atoms with Gasteiger partial charge in [0, 0.05) is 5.75 Å². The van der Waals surface area contributed by atoms with E-state index in [-0.39, 0.29) is 36.2 Å².